The van der Waals surface area contributed by atoms with Gasteiger partial charge in [0.1, 0.15) is 9.96 Å². The van der Waals surface area contributed by atoms with Crippen molar-refractivity contribution in [1.82, 2.24) is 4.90 Å². The lowest BCUT2D eigenvalue weighted by molar-refractivity contribution is -0.134. The molecule has 3 rings (SSSR count). The van der Waals surface area contributed by atoms with E-state index in [0.29, 0.717) is 21.7 Å². The van der Waals surface area contributed by atoms with Gasteiger partial charge in [-0.15, -0.1) is 11.3 Å². The first-order chi connectivity index (χ1) is 13.4. The van der Waals surface area contributed by atoms with Gasteiger partial charge in [0.2, 0.25) is 0 Å². The van der Waals surface area contributed by atoms with Gasteiger partial charge in [-0.25, -0.2) is 8.42 Å². The highest BCUT2D eigenvalue weighted by molar-refractivity contribution is 7.94. The Hall–Kier alpha value is -2.06. The molecule has 8 heteroatoms. The van der Waals surface area contributed by atoms with Gasteiger partial charge in [0.05, 0.1) is 5.69 Å². The summed E-state index contributed by atoms with van der Waals surface area (Å²) in [7, 11) is -0.197. The molecule has 1 aromatic carbocycles. The van der Waals surface area contributed by atoms with Crippen LogP contribution in [0.25, 0.3) is 0 Å². The van der Waals surface area contributed by atoms with E-state index in [1.807, 2.05) is 7.05 Å². The van der Waals surface area contributed by atoms with Crippen molar-refractivity contribution in [3.8, 4) is 5.75 Å². The monoisotopic (exact) mass is 422 g/mol. The molecule has 0 aliphatic heterocycles. The molecule has 1 aliphatic rings. The number of carbonyl (C=O) groups is 1. The number of rotatable bonds is 7. The first-order valence-corrected chi connectivity index (χ1v) is 11.7. The number of nitrogens with zero attached hydrogens (tertiary/aromatic N) is 2. The van der Waals surface area contributed by atoms with E-state index in [1.165, 1.54) is 42.0 Å². The van der Waals surface area contributed by atoms with Crippen LogP contribution in [0.15, 0.2) is 46.0 Å². The first-order valence-electron chi connectivity index (χ1n) is 9.40. The highest BCUT2D eigenvalue weighted by atomic mass is 32.2. The Kier molecular flexibility index (Phi) is 6.61. The van der Waals surface area contributed by atoms with Gasteiger partial charge < -0.3 is 9.64 Å². The van der Waals surface area contributed by atoms with Crippen molar-refractivity contribution in [2.45, 2.75) is 42.4 Å². The second-order valence-corrected chi connectivity index (χ2v) is 10.1. The lowest BCUT2D eigenvalue weighted by Crippen LogP contribution is -2.40. The van der Waals surface area contributed by atoms with Crippen LogP contribution in [0, 0.1) is 0 Å². The number of thiophene rings is 1. The minimum absolute atomic E-state index is 0.0182. The predicted octanol–water partition coefficient (Wildman–Crippen LogP) is 3.74. The van der Waals surface area contributed by atoms with Gasteiger partial charge in [0.25, 0.3) is 15.9 Å². The number of amides is 1. The minimum atomic E-state index is -3.56. The van der Waals surface area contributed by atoms with E-state index in [9.17, 15) is 13.2 Å². The third-order valence-corrected chi connectivity index (χ3v) is 8.35. The smallest absolute Gasteiger partial charge is 0.273 e. The summed E-state index contributed by atoms with van der Waals surface area (Å²) < 4.78 is 32.3. The number of likely N-dealkylation sites (N-methyl/N-ethyl adjacent to an activating group) is 1. The van der Waals surface area contributed by atoms with Crippen LogP contribution in [0.1, 0.15) is 32.1 Å². The number of hydrogen-bond acceptors (Lipinski definition) is 5. The summed E-state index contributed by atoms with van der Waals surface area (Å²) in [5.74, 6) is 0.504. The molecule has 1 heterocycles. The molecular formula is C20H26N2O4S2. The number of hydrogen-bond donors (Lipinski definition) is 0. The van der Waals surface area contributed by atoms with E-state index in [1.54, 1.807) is 46.7 Å². The van der Waals surface area contributed by atoms with E-state index in [2.05, 4.69) is 0 Å². The largest absolute Gasteiger partial charge is 0.484 e. The summed E-state index contributed by atoms with van der Waals surface area (Å²) in [6.45, 7) is -0.0182. The number of carbonyl (C=O) groups excluding carboxylic acids is 1. The van der Waals surface area contributed by atoms with Crippen molar-refractivity contribution < 1.29 is 17.9 Å². The average molecular weight is 423 g/mol. The fourth-order valence-corrected chi connectivity index (χ4v) is 5.71. The number of sulfonamides is 1. The maximum Gasteiger partial charge on any atom is 0.273 e. The van der Waals surface area contributed by atoms with Crippen molar-refractivity contribution >= 4 is 33.0 Å². The van der Waals surface area contributed by atoms with Crippen LogP contribution in [0.4, 0.5) is 5.69 Å². The van der Waals surface area contributed by atoms with Crippen molar-refractivity contribution in [1.29, 1.82) is 0 Å². The second-order valence-electron chi connectivity index (χ2n) is 6.98. The summed E-state index contributed by atoms with van der Waals surface area (Å²) >= 11 is 1.19. The van der Waals surface area contributed by atoms with Crippen LogP contribution >= 0.6 is 11.3 Å². The Bertz CT molecular complexity index is 873. The number of ether oxygens (including phenoxy) is 1. The zero-order valence-corrected chi connectivity index (χ0v) is 17.8. The Morgan fingerprint density at radius 3 is 2.39 bits per heavy atom. The molecule has 28 heavy (non-hydrogen) atoms. The molecule has 0 radical (unpaired) electrons. The maximum atomic E-state index is 12.6. The zero-order chi connectivity index (χ0) is 20.1. The molecule has 2 aromatic rings. The Morgan fingerprint density at radius 2 is 1.79 bits per heavy atom. The van der Waals surface area contributed by atoms with Crippen LogP contribution < -0.4 is 9.04 Å². The molecule has 0 spiro atoms. The van der Waals surface area contributed by atoms with Gasteiger partial charge in [-0.1, -0.05) is 25.3 Å². The SMILES string of the molecule is CN(C(=O)COc1ccc(N(C)S(=O)(=O)c2cccs2)cc1)C1CCCCC1. The van der Waals surface area contributed by atoms with Crippen molar-refractivity contribution in [3.05, 3.63) is 41.8 Å². The number of benzene rings is 1. The van der Waals surface area contributed by atoms with Crippen LogP contribution in [0.5, 0.6) is 5.75 Å². The lowest BCUT2D eigenvalue weighted by Gasteiger charge is -2.31. The quantitative estimate of drug-likeness (QED) is 0.682. The van der Waals surface area contributed by atoms with E-state index in [-0.39, 0.29) is 12.5 Å². The topological polar surface area (TPSA) is 66.9 Å². The van der Waals surface area contributed by atoms with E-state index >= 15 is 0 Å². The highest BCUT2D eigenvalue weighted by Gasteiger charge is 2.23. The average Bonchev–Trinajstić information content (AvgIpc) is 3.28. The fraction of sp³-hybridized carbons (Fsp3) is 0.450. The molecule has 152 valence electrons. The Morgan fingerprint density at radius 1 is 1.11 bits per heavy atom. The summed E-state index contributed by atoms with van der Waals surface area (Å²) in [6.07, 6.45) is 5.71. The maximum absolute atomic E-state index is 12.6. The van der Waals surface area contributed by atoms with Crippen LogP contribution in [-0.4, -0.2) is 46.0 Å². The highest BCUT2D eigenvalue weighted by Crippen LogP contribution is 2.27. The summed E-state index contributed by atoms with van der Waals surface area (Å²) in [4.78, 5) is 14.2. The van der Waals surface area contributed by atoms with Crippen LogP contribution in [-0.2, 0) is 14.8 Å². The molecule has 6 nitrogen and oxygen atoms in total. The van der Waals surface area contributed by atoms with Crippen molar-refractivity contribution in [2.24, 2.45) is 0 Å². The molecule has 0 N–H and O–H groups in total. The molecule has 1 saturated carbocycles. The van der Waals surface area contributed by atoms with E-state index in [4.69, 9.17) is 4.74 Å². The normalized spacial score (nSPS) is 15.2. The summed E-state index contributed by atoms with van der Waals surface area (Å²) in [5, 5.41) is 1.74. The minimum Gasteiger partial charge on any atom is -0.484 e. The van der Waals surface area contributed by atoms with Gasteiger partial charge >= 0.3 is 0 Å². The molecule has 1 amide bonds. The van der Waals surface area contributed by atoms with Gasteiger partial charge in [-0.2, -0.15) is 0 Å². The molecule has 0 saturated heterocycles. The third-order valence-electron chi connectivity index (χ3n) is 5.19. The summed E-state index contributed by atoms with van der Waals surface area (Å²) in [6, 6.07) is 10.3. The van der Waals surface area contributed by atoms with E-state index < -0.39 is 10.0 Å². The number of anilines is 1. The molecule has 0 atom stereocenters. The molecule has 1 fully saturated rings. The molecule has 1 aromatic heterocycles. The van der Waals surface area contributed by atoms with Gasteiger partial charge in [0.15, 0.2) is 6.61 Å². The summed E-state index contributed by atoms with van der Waals surface area (Å²) in [5.41, 5.74) is 0.534. The van der Waals surface area contributed by atoms with Gasteiger partial charge in [-0.05, 0) is 48.6 Å². The molecule has 1 aliphatic carbocycles. The third kappa shape index (κ3) is 4.67. The lowest BCUT2D eigenvalue weighted by atomic mass is 9.94. The molecule has 0 unspecified atom stereocenters. The van der Waals surface area contributed by atoms with Gasteiger partial charge in [0, 0.05) is 20.1 Å². The fourth-order valence-electron chi connectivity index (χ4n) is 3.36. The molecular weight excluding hydrogens is 396 g/mol. The zero-order valence-electron chi connectivity index (χ0n) is 16.2. The standard InChI is InChI=1S/C20H26N2O4S2/c1-21(16-7-4-3-5-8-16)19(23)15-26-18-12-10-17(11-13-18)22(2)28(24,25)20-9-6-14-27-20/h6,9-14,16H,3-5,7-8,15H2,1-2H3. The Balaban J connectivity index is 1.58. The van der Waals surface area contributed by atoms with E-state index in [0.717, 1.165) is 12.8 Å². The van der Waals surface area contributed by atoms with Crippen LogP contribution in [0.3, 0.4) is 0 Å². The Labute approximate surface area is 170 Å². The first kappa shape index (κ1) is 20.7. The predicted molar refractivity (Wildman–Crippen MR) is 111 cm³/mol. The van der Waals surface area contributed by atoms with Crippen molar-refractivity contribution in [3.63, 3.8) is 0 Å². The molecule has 0 bridgehead atoms. The van der Waals surface area contributed by atoms with Crippen molar-refractivity contribution in [2.75, 3.05) is 25.0 Å². The van der Waals surface area contributed by atoms with Crippen LogP contribution in [0.2, 0.25) is 0 Å². The second kappa shape index (κ2) is 8.96. The van der Waals surface area contributed by atoms with Gasteiger partial charge in [-0.3, -0.25) is 9.10 Å².